The van der Waals surface area contributed by atoms with E-state index in [1.165, 1.54) is 0 Å². The van der Waals surface area contributed by atoms with Crippen LogP contribution in [-0.2, 0) is 9.53 Å². The third kappa shape index (κ3) is 3.09. The minimum absolute atomic E-state index is 0.288. The number of piperidine rings is 1. The Kier molecular flexibility index (Phi) is 4.48. The number of rotatable bonds is 3. The Morgan fingerprint density at radius 2 is 2.16 bits per heavy atom. The van der Waals surface area contributed by atoms with E-state index in [1.54, 1.807) is 7.11 Å². The maximum Gasteiger partial charge on any atom is 0.237 e. The highest BCUT2D eigenvalue weighted by molar-refractivity contribution is 5.84. The molecule has 0 radical (unpaired) electrons. The molecule has 1 aliphatic carbocycles. The molecule has 1 saturated heterocycles. The average Bonchev–Trinajstić information content (AvgIpc) is 2.39. The highest BCUT2D eigenvalue weighted by Crippen LogP contribution is 2.32. The van der Waals surface area contributed by atoms with Crippen LogP contribution in [0, 0.1) is 5.92 Å². The first-order chi connectivity index (χ1) is 8.96. The molecule has 0 bridgehead atoms. The van der Waals surface area contributed by atoms with E-state index in [9.17, 15) is 4.79 Å². The first-order valence-corrected chi connectivity index (χ1v) is 7.32. The molecular weight excluding hydrogens is 242 g/mol. The summed E-state index contributed by atoms with van der Waals surface area (Å²) in [6.07, 6.45) is 4.93. The molecule has 5 heteroatoms. The zero-order valence-electron chi connectivity index (χ0n) is 12.1. The van der Waals surface area contributed by atoms with Crippen molar-refractivity contribution >= 4 is 5.91 Å². The lowest BCUT2D eigenvalue weighted by atomic mass is 9.78. The standard InChI is InChI=1S/C14H27N3O2/c1-10-5-7-17(9-12(10)19-2)11-4-3-6-14(16,8-11)13(15)18/h10-12H,3-9,16H2,1-2H3,(H2,15,18). The number of amides is 1. The Morgan fingerprint density at radius 3 is 2.79 bits per heavy atom. The van der Waals surface area contributed by atoms with E-state index in [0.29, 0.717) is 18.4 Å². The van der Waals surface area contributed by atoms with Gasteiger partial charge in [-0.1, -0.05) is 6.92 Å². The van der Waals surface area contributed by atoms with Crippen molar-refractivity contribution < 1.29 is 9.53 Å². The molecule has 0 aromatic carbocycles. The monoisotopic (exact) mass is 269 g/mol. The molecule has 110 valence electrons. The number of likely N-dealkylation sites (tertiary alicyclic amines) is 1. The molecule has 1 saturated carbocycles. The molecule has 1 amide bonds. The van der Waals surface area contributed by atoms with Crippen LogP contribution in [0.4, 0.5) is 0 Å². The minimum atomic E-state index is -0.811. The maximum absolute atomic E-state index is 11.5. The van der Waals surface area contributed by atoms with Crippen LogP contribution in [-0.4, -0.2) is 48.7 Å². The van der Waals surface area contributed by atoms with Crippen LogP contribution in [0.5, 0.6) is 0 Å². The summed E-state index contributed by atoms with van der Waals surface area (Å²) in [6.45, 7) is 4.25. The number of ether oxygens (including phenoxy) is 1. The lowest BCUT2D eigenvalue weighted by Crippen LogP contribution is -2.59. The molecule has 19 heavy (non-hydrogen) atoms. The summed E-state index contributed by atoms with van der Waals surface area (Å²) >= 11 is 0. The fourth-order valence-electron chi connectivity index (χ4n) is 3.51. The second-order valence-corrected chi connectivity index (χ2v) is 6.31. The van der Waals surface area contributed by atoms with Gasteiger partial charge in [0.05, 0.1) is 11.6 Å². The number of nitrogens with zero attached hydrogens (tertiary/aromatic N) is 1. The van der Waals surface area contributed by atoms with Crippen molar-refractivity contribution in [2.45, 2.75) is 56.7 Å². The van der Waals surface area contributed by atoms with E-state index in [-0.39, 0.29) is 12.0 Å². The molecule has 0 spiro atoms. The third-order valence-electron chi connectivity index (χ3n) is 4.99. The molecule has 4 N–H and O–H groups in total. The number of hydrogen-bond acceptors (Lipinski definition) is 4. The van der Waals surface area contributed by atoms with E-state index in [4.69, 9.17) is 16.2 Å². The molecule has 5 nitrogen and oxygen atoms in total. The van der Waals surface area contributed by atoms with Crippen LogP contribution in [0.2, 0.25) is 0 Å². The summed E-state index contributed by atoms with van der Waals surface area (Å²) in [5.74, 6) is 0.245. The van der Waals surface area contributed by atoms with Crippen molar-refractivity contribution in [2.75, 3.05) is 20.2 Å². The molecular formula is C14H27N3O2. The molecule has 2 fully saturated rings. The van der Waals surface area contributed by atoms with Crippen molar-refractivity contribution in [3.63, 3.8) is 0 Å². The van der Waals surface area contributed by atoms with E-state index >= 15 is 0 Å². The Bertz CT molecular complexity index is 337. The van der Waals surface area contributed by atoms with Gasteiger partial charge in [-0.25, -0.2) is 0 Å². The first kappa shape index (κ1) is 14.8. The Balaban J connectivity index is 2.00. The van der Waals surface area contributed by atoms with Crippen molar-refractivity contribution in [3.8, 4) is 0 Å². The van der Waals surface area contributed by atoms with E-state index < -0.39 is 5.54 Å². The molecule has 1 aliphatic heterocycles. The molecule has 1 heterocycles. The third-order valence-corrected chi connectivity index (χ3v) is 4.99. The van der Waals surface area contributed by atoms with E-state index in [0.717, 1.165) is 38.8 Å². The van der Waals surface area contributed by atoms with Gasteiger partial charge in [0.1, 0.15) is 0 Å². The number of nitrogens with two attached hydrogens (primary N) is 2. The van der Waals surface area contributed by atoms with Gasteiger partial charge in [-0.15, -0.1) is 0 Å². The summed E-state index contributed by atoms with van der Waals surface area (Å²) < 4.78 is 5.56. The average molecular weight is 269 g/mol. The smallest absolute Gasteiger partial charge is 0.237 e. The van der Waals surface area contributed by atoms with Gasteiger partial charge in [-0.2, -0.15) is 0 Å². The van der Waals surface area contributed by atoms with Gasteiger partial charge in [0, 0.05) is 19.7 Å². The van der Waals surface area contributed by atoms with Crippen LogP contribution in [0.15, 0.2) is 0 Å². The second kappa shape index (κ2) is 5.77. The van der Waals surface area contributed by atoms with E-state index in [2.05, 4.69) is 11.8 Å². The Labute approximate surface area is 115 Å². The maximum atomic E-state index is 11.5. The zero-order chi connectivity index (χ0) is 14.0. The van der Waals surface area contributed by atoms with Crippen LogP contribution < -0.4 is 11.5 Å². The molecule has 0 aromatic rings. The van der Waals surface area contributed by atoms with Crippen LogP contribution in [0.25, 0.3) is 0 Å². The first-order valence-electron chi connectivity index (χ1n) is 7.32. The zero-order valence-corrected chi connectivity index (χ0v) is 12.1. The Morgan fingerprint density at radius 1 is 1.42 bits per heavy atom. The van der Waals surface area contributed by atoms with Crippen LogP contribution >= 0.6 is 0 Å². The van der Waals surface area contributed by atoms with E-state index in [1.807, 2.05) is 0 Å². The molecule has 2 aliphatic rings. The largest absolute Gasteiger partial charge is 0.380 e. The molecule has 4 atom stereocenters. The predicted molar refractivity (Wildman–Crippen MR) is 74.5 cm³/mol. The fourth-order valence-corrected chi connectivity index (χ4v) is 3.51. The highest BCUT2D eigenvalue weighted by atomic mass is 16.5. The number of primary amides is 1. The summed E-state index contributed by atoms with van der Waals surface area (Å²) in [7, 11) is 1.78. The van der Waals surface area contributed by atoms with Gasteiger partial charge in [0.15, 0.2) is 0 Å². The lowest BCUT2D eigenvalue weighted by Gasteiger charge is -2.45. The summed E-state index contributed by atoms with van der Waals surface area (Å²) in [6, 6.07) is 0.372. The van der Waals surface area contributed by atoms with Gasteiger partial charge in [-0.3, -0.25) is 9.69 Å². The summed E-state index contributed by atoms with van der Waals surface area (Å²) in [4.78, 5) is 14.0. The number of hydrogen-bond donors (Lipinski definition) is 2. The van der Waals surface area contributed by atoms with Gasteiger partial charge in [0.25, 0.3) is 0 Å². The van der Waals surface area contributed by atoms with Crippen molar-refractivity contribution in [2.24, 2.45) is 17.4 Å². The molecule has 4 unspecified atom stereocenters. The quantitative estimate of drug-likeness (QED) is 0.780. The SMILES string of the molecule is COC1CN(C2CCCC(N)(C(N)=O)C2)CCC1C. The number of carbonyl (C=O) groups excluding carboxylic acids is 1. The van der Waals surface area contributed by atoms with Gasteiger partial charge < -0.3 is 16.2 Å². The van der Waals surface area contributed by atoms with Crippen LogP contribution in [0.3, 0.4) is 0 Å². The van der Waals surface area contributed by atoms with Crippen molar-refractivity contribution in [1.82, 2.24) is 4.90 Å². The van der Waals surface area contributed by atoms with Crippen LogP contribution in [0.1, 0.15) is 39.0 Å². The normalized spacial score (nSPS) is 41.1. The second-order valence-electron chi connectivity index (χ2n) is 6.31. The topological polar surface area (TPSA) is 81.6 Å². The fraction of sp³-hybridized carbons (Fsp3) is 0.929. The Hall–Kier alpha value is -0.650. The highest BCUT2D eigenvalue weighted by Gasteiger charge is 2.41. The summed E-state index contributed by atoms with van der Waals surface area (Å²) in [5.41, 5.74) is 10.8. The van der Waals surface area contributed by atoms with Gasteiger partial charge >= 0.3 is 0 Å². The number of methoxy groups -OCH3 is 1. The van der Waals surface area contributed by atoms with Gasteiger partial charge in [-0.05, 0) is 44.6 Å². The summed E-state index contributed by atoms with van der Waals surface area (Å²) in [5, 5.41) is 0. The minimum Gasteiger partial charge on any atom is -0.380 e. The van der Waals surface area contributed by atoms with Crippen molar-refractivity contribution in [3.05, 3.63) is 0 Å². The van der Waals surface area contributed by atoms with Gasteiger partial charge in [0.2, 0.25) is 5.91 Å². The van der Waals surface area contributed by atoms with Crippen molar-refractivity contribution in [1.29, 1.82) is 0 Å². The molecule has 2 rings (SSSR count). The molecule has 0 aromatic heterocycles. The lowest BCUT2D eigenvalue weighted by molar-refractivity contribution is -0.125. The number of carbonyl (C=O) groups is 1. The predicted octanol–water partition coefficient (Wildman–Crippen LogP) is 0.469.